The second-order valence-corrected chi connectivity index (χ2v) is 4.48. The van der Waals surface area contributed by atoms with Gasteiger partial charge < -0.3 is 10.4 Å². The monoisotopic (exact) mass is 278 g/mol. The van der Waals surface area contributed by atoms with Crippen LogP contribution in [0.25, 0.3) is 0 Å². The number of carbonyl (C=O) groups excluding carboxylic acids is 1. The van der Waals surface area contributed by atoms with Crippen molar-refractivity contribution in [1.82, 2.24) is 9.59 Å². The molecular weight excluding hydrogens is 268 g/mol. The summed E-state index contributed by atoms with van der Waals surface area (Å²) in [5.74, 6) is -1.05. The summed E-state index contributed by atoms with van der Waals surface area (Å²) in [4.78, 5) is 22.6. The molecule has 0 aliphatic rings. The van der Waals surface area contributed by atoms with Gasteiger partial charge in [-0.15, -0.1) is 5.10 Å². The summed E-state index contributed by atoms with van der Waals surface area (Å²) in [5, 5.41) is 18.1. The van der Waals surface area contributed by atoms with Gasteiger partial charge in [0.25, 0.3) is 0 Å². The molecule has 19 heavy (non-hydrogen) atoms. The van der Waals surface area contributed by atoms with Gasteiger partial charge >= 0.3 is 12.0 Å². The van der Waals surface area contributed by atoms with E-state index in [0.717, 1.165) is 17.1 Å². The lowest BCUT2D eigenvalue weighted by Crippen LogP contribution is -2.19. The topological polar surface area (TPSA) is 104 Å². The Balaban J connectivity index is 2.11. The van der Waals surface area contributed by atoms with E-state index in [-0.39, 0.29) is 5.56 Å². The number of urea groups is 1. The highest BCUT2D eigenvalue weighted by Gasteiger charge is 2.09. The van der Waals surface area contributed by atoms with E-state index in [2.05, 4.69) is 20.2 Å². The van der Waals surface area contributed by atoms with E-state index < -0.39 is 12.0 Å². The largest absolute Gasteiger partial charge is 0.478 e. The molecule has 0 fully saturated rings. The van der Waals surface area contributed by atoms with Gasteiger partial charge in [-0.25, -0.2) is 9.59 Å². The predicted molar refractivity (Wildman–Crippen MR) is 70.7 cm³/mol. The maximum atomic E-state index is 11.7. The van der Waals surface area contributed by atoms with E-state index >= 15 is 0 Å². The molecule has 0 atom stereocenters. The molecule has 2 rings (SSSR count). The third-order valence-corrected chi connectivity index (χ3v) is 2.91. The molecule has 2 aromatic rings. The highest BCUT2D eigenvalue weighted by Crippen LogP contribution is 2.18. The molecule has 0 saturated heterocycles. The molecule has 0 aliphatic carbocycles. The fraction of sp³-hybridized carbons (Fsp3) is 0.0909. The van der Waals surface area contributed by atoms with Crippen LogP contribution in [0.1, 0.15) is 15.9 Å². The van der Waals surface area contributed by atoms with Gasteiger partial charge in [-0.05, 0) is 24.6 Å². The fourth-order valence-electron chi connectivity index (χ4n) is 1.38. The van der Waals surface area contributed by atoms with Gasteiger partial charge in [0.05, 0.1) is 11.8 Å². The van der Waals surface area contributed by atoms with Crippen molar-refractivity contribution in [2.45, 2.75) is 6.92 Å². The van der Waals surface area contributed by atoms with Crippen molar-refractivity contribution in [2.75, 3.05) is 10.6 Å². The fourth-order valence-corrected chi connectivity index (χ4v) is 1.79. The maximum Gasteiger partial charge on any atom is 0.335 e. The van der Waals surface area contributed by atoms with Crippen LogP contribution in [0.2, 0.25) is 0 Å². The van der Waals surface area contributed by atoms with Crippen LogP contribution in [0.3, 0.4) is 0 Å². The minimum absolute atomic E-state index is 0.111. The molecule has 0 radical (unpaired) electrons. The Labute approximate surface area is 112 Å². The van der Waals surface area contributed by atoms with Gasteiger partial charge in [0.2, 0.25) is 0 Å². The lowest BCUT2D eigenvalue weighted by Gasteiger charge is -2.09. The Morgan fingerprint density at radius 3 is 2.74 bits per heavy atom. The van der Waals surface area contributed by atoms with Crippen LogP contribution < -0.4 is 10.6 Å². The molecule has 1 aromatic carbocycles. The second-order valence-electron chi connectivity index (χ2n) is 3.70. The van der Waals surface area contributed by atoms with E-state index in [1.165, 1.54) is 18.3 Å². The first kappa shape index (κ1) is 13.0. The zero-order valence-electron chi connectivity index (χ0n) is 9.88. The number of benzene rings is 1. The number of carboxylic acids is 1. The second kappa shape index (κ2) is 5.44. The number of nitrogens with one attached hydrogen (secondary N) is 2. The molecule has 3 N–H and O–H groups in total. The van der Waals surface area contributed by atoms with E-state index in [1.807, 2.05) is 0 Å². The zero-order valence-corrected chi connectivity index (χ0v) is 10.7. The first-order chi connectivity index (χ1) is 9.06. The Morgan fingerprint density at radius 2 is 2.11 bits per heavy atom. The quantitative estimate of drug-likeness (QED) is 0.798. The highest BCUT2D eigenvalue weighted by molar-refractivity contribution is 7.10. The summed E-state index contributed by atoms with van der Waals surface area (Å²) in [6.45, 7) is 1.77. The summed E-state index contributed by atoms with van der Waals surface area (Å²) >= 11 is 1.05. The number of carboxylic acid groups (broad SMARTS) is 1. The smallest absolute Gasteiger partial charge is 0.335 e. The standard InChI is InChI=1S/C11H10N4O3S/c1-6-2-3-7(10(16)17)4-8(6)13-11(18)14-9-5-12-15-19-9/h2-5H,1H3,(H,16,17)(H2,13,14,18). The number of hydrogen-bond acceptors (Lipinski definition) is 5. The Kier molecular flexibility index (Phi) is 3.71. The first-order valence-corrected chi connectivity index (χ1v) is 6.03. The van der Waals surface area contributed by atoms with Crippen molar-refractivity contribution < 1.29 is 14.7 Å². The molecule has 0 spiro atoms. The van der Waals surface area contributed by atoms with Crippen molar-refractivity contribution in [3.63, 3.8) is 0 Å². The molecule has 1 aromatic heterocycles. The van der Waals surface area contributed by atoms with Gasteiger partial charge in [0, 0.05) is 17.2 Å². The first-order valence-electron chi connectivity index (χ1n) is 5.25. The van der Waals surface area contributed by atoms with Gasteiger partial charge in [-0.1, -0.05) is 10.6 Å². The molecule has 8 heteroatoms. The van der Waals surface area contributed by atoms with Gasteiger partial charge in [0.15, 0.2) is 0 Å². The van der Waals surface area contributed by atoms with Crippen LogP contribution in [0.5, 0.6) is 0 Å². The van der Waals surface area contributed by atoms with Crippen molar-refractivity contribution >= 4 is 34.2 Å². The molecule has 0 aliphatic heterocycles. The van der Waals surface area contributed by atoms with Crippen LogP contribution >= 0.6 is 11.5 Å². The number of aromatic carboxylic acids is 1. The minimum atomic E-state index is -1.05. The Bertz CT molecular complexity index is 612. The SMILES string of the molecule is Cc1ccc(C(=O)O)cc1NC(=O)Nc1cnns1. The normalized spacial score (nSPS) is 9.95. The van der Waals surface area contributed by atoms with Crippen molar-refractivity contribution in [3.8, 4) is 0 Å². The highest BCUT2D eigenvalue weighted by atomic mass is 32.1. The van der Waals surface area contributed by atoms with Gasteiger partial charge in [-0.2, -0.15) is 0 Å². The third-order valence-electron chi connectivity index (χ3n) is 2.33. The van der Waals surface area contributed by atoms with E-state index in [0.29, 0.717) is 10.7 Å². The van der Waals surface area contributed by atoms with E-state index in [4.69, 9.17) is 5.11 Å². The number of amides is 2. The number of aromatic nitrogens is 2. The van der Waals surface area contributed by atoms with Crippen LogP contribution in [-0.2, 0) is 0 Å². The number of aryl methyl sites for hydroxylation is 1. The summed E-state index contributed by atoms with van der Waals surface area (Å²) in [6.07, 6.45) is 1.42. The third kappa shape index (κ3) is 3.26. The molecule has 0 unspecified atom stereocenters. The van der Waals surface area contributed by atoms with Crippen LogP contribution in [-0.4, -0.2) is 26.7 Å². The van der Waals surface area contributed by atoms with E-state index in [9.17, 15) is 9.59 Å². The lowest BCUT2D eigenvalue weighted by atomic mass is 10.1. The average Bonchev–Trinajstić information content (AvgIpc) is 2.84. The minimum Gasteiger partial charge on any atom is -0.478 e. The van der Waals surface area contributed by atoms with E-state index in [1.54, 1.807) is 13.0 Å². The number of nitrogens with zero attached hydrogens (tertiary/aromatic N) is 2. The lowest BCUT2D eigenvalue weighted by molar-refractivity contribution is 0.0697. The number of rotatable bonds is 3. The summed E-state index contributed by atoms with van der Waals surface area (Å²) < 4.78 is 3.61. The predicted octanol–water partition coefficient (Wildman–Crippen LogP) is 2.19. The molecule has 2 amide bonds. The number of anilines is 2. The molecular formula is C11H10N4O3S. The van der Waals surface area contributed by atoms with Gasteiger partial charge in [0.1, 0.15) is 5.00 Å². The summed E-state index contributed by atoms with van der Waals surface area (Å²) in [6, 6.07) is 4.04. The molecule has 0 bridgehead atoms. The molecule has 1 heterocycles. The van der Waals surface area contributed by atoms with Crippen molar-refractivity contribution in [3.05, 3.63) is 35.5 Å². The average molecular weight is 278 g/mol. The Hall–Kier alpha value is -2.48. The number of hydrogen-bond donors (Lipinski definition) is 3. The van der Waals surface area contributed by atoms with Crippen LogP contribution in [0.15, 0.2) is 24.4 Å². The molecule has 0 saturated carbocycles. The van der Waals surface area contributed by atoms with Crippen LogP contribution in [0.4, 0.5) is 15.5 Å². The van der Waals surface area contributed by atoms with Crippen molar-refractivity contribution in [1.29, 1.82) is 0 Å². The Morgan fingerprint density at radius 1 is 1.32 bits per heavy atom. The maximum absolute atomic E-state index is 11.7. The zero-order chi connectivity index (χ0) is 13.8. The van der Waals surface area contributed by atoms with Crippen molar-refractivity contribution in [2.24, 2.45) is 0 Å². The molecule has 98 valence electrons. The summed E-state index contributed by atoms with van der Waals surface area (Å²) in [7, 11) is 0. The van der Waals surface area contributed by atoms with Gasteiger partial charge in [-0.3, -0.25) is 5.32 Å². The molecule has 7 nitrogen and oxygen atoms in total. The van der Waals surface area contributed by atoms with Crippen LogP contribution in [0, 0.1) is 6.92 Å². The number of carbonyl (C=O) groups is 2. The summed E-state index contributed by atoms with van der Waals surface area (Å²) in [5.41, 5.74) is 1.32.